The zero-order valence-electron chi connectivity index (χ0n) is 9.67. The Bertz CT molecular complexity index is 181. The van der Waals surface area contributed by atoms with Crippen molar-refractivity contribution in [2.24, 2.45) is 11.1 Å². The van der Waals surface area contributed by atoms with Crippen LogP contribution in [0.5, 0.6) is 0 Å². The maximum absolute atomic E-state index is 11.5. The Morgan fingerprint density at radius 3 is 2.50 bits per heavy atom. The molecule has 84 valence electrons. The average molecular weight is 202 g/mol. The number of carbonyl (C=O) groups excluding carboxylic acids is 1. The van der Waals surface area contributed by atoms with Gasteiger partial charge < -0.3 is 15.4 Å². The lowest BCUT2D eigenvalue weighted by molar-refractivity contribution is -0.132. The third-order valence-corrected chi connectivity index (χ3v) is 2.16. The molecule has 0 aliphatic carbocycles. The van der Waals surface area contributed by atoms with Gasteiger partial charge in [0.25, 0.3) is 0 Å². The summed E-state index contributed by atoms with van der Waals surface area (Å²) in [5, 5.41) is 0. The van der Waals surface area contributed by atoms with Crippen LogP contribution in [0.4, 0.5) is 0 Å². The van der Waals surface area contributed by atoms with Crippen LogP contribution in [0.15, 0.2) is 0 Å². The molecule has 0 spiro atoms. The van der Waals surface area contributed by atoms with Gasteiger partial charge in [-0.3, -0.25) is 4.79 Å². The highest BCUT2D eigenvalue weighted by Gasteiger charge is 2.20. The second-order valence-corrected chi connectivity index (χ2v) is 4.36. The van der Waals surface area contributed by atoms with Crippen molar-refractivity contribution in [3.63, 3.8) is 0 Å². The fraction of sp³-hybridized carbons (Fsp3) is 0.900. The number of hydrogen-bond acceptors (Lipinski definition) is 3. The summed E-state index contributed by atoms with van der Waals surface area (Å²) < 4.78 is 4.85. The van der Waals surface area contributed by atoms with E-state index in [-0.39, 0.29) is 11.3 Å². The molecule has 14 heavy (non-hydrogen) atoms. The summed E-state index contributed by atoms with van der Waals surface area (Å²) >= 11 is 0. The summed E-state index contributed by atoms with van der Waals surface area (Å²) in [5.74, 6) is 0.105. The van der Waals surface area contributed by atoms with Gasteiger partial charge in [0.1, 0.15) is 0 Å². The predicted molar refractivity (Wildman–Crippen MR) is 57.0 cm³/mol. The van der Waals surface area contributed by atoms with Crippen molar-refractivity contribution < 1.29 is 9.53 Å². The molecule has 0 aromatic carbocycles. The van der Waals surface area contributed by atoms with Gasteiger partial charge in [-0.2, -0.15) is 0 Å². The van der Waals surface area contributed by atoms with Gasteiger partial charge in [-0.15, -0.1) is 0 Å². The monoisotopic (exact) mass is 202 g/mol. The number of ether oxygens (including phenoxy) is 1. The average Bonchev–Trinajstić information content (AvgIpc) is 2.13. The Balaban J connectivity index is 3.94. The number of nitrogens with zero attached hydrogens (tertiary/aromatic N) is 1. The predicted octanol–water partition coefficient (Wildman–Crippen LogP) is 0.466. The Kier molecular flexibility index (Phi) is 5.72. The summed E-state index contributed by atoms with van der Waals surface area (Å²) in [6.07, 6.45) is 0.438. The molecule has 0 rings (SSSR count). The minimum absolute atomic E-state index is 0.0164. The van der Waals surface area contributed by atoms with E-state index in [4.69, 9.17) is 10.5 Å². The van der Waals surface area contributed by atoms with E-state index in [9.17, 15) is 4.79 Å². The zero-order valence-corrected chi connectivity index (χ0v) is 9.67. The van der Waals surface area contributed by atoms with Crippen molar-refractivity contribution in [1.82, 2.24) is 4.90 Å². The first kappa shape index (κ1) is 13.4. The first-order chi connectivity index (χ1) is 6.43. The lowest BCUT2D eigenvalue weighted by Gasteiger charge is -2.29. The van der Waals surface area contributed by atoms with Crippen LogP contribution in [0.2, 0.25) is 0 Å². The molecule has 0 saturated carbocycles. The second kappa shape index (κ2) is 5.98. The molecule has 0 atom stereocenters. The maximum atomic E-state index is 11.5. The Morgan fingerprint density at radius 1 is 1.50 bits per heavy atom. The van der Waals surface area contributed by atoms with Crippen molar-refractivity contribution in [2.75, 3.05) is 33.9 Å². The van der Waals surface area contributed by atoms with Gasteiger partial charge in [0.2, 0.25) is 5.91 Å². The molecule has 0 aliphatic rings. The summed E-state index contributed by atoms with van der Waals surface area (Å²) in [6.45, 7) is 5.84. The Labute approximate surface area is 86.4 Å². The quantitative estimate of drug-likeness (QED) is 0.681. The van der Waals surface area contributed by atoms with E-state index in [0.29, 0.717) is 26.1 Å². The molecule has 0 unspecified atom stereocenters. The minimum atomic E-state index is -0.0164. The van der Waals surface area contributed by atoms with E-state index in [2.05, 4.69) is 0 Å². The Morgan fingerprint density at radius 2 is 2.07 bits per heavy atom. The SMILES string of the molecule is COCCC(=O)N(C)CC(C)(C)CN. The van der Waals surface area contributed by atoms with Crippen molar-refractivity contribution in [3.8, 4) is 0 Å². The van der Waals surface area contributed by atoms with E-state index in [1.54, 1.807) is 19.1 Å². The number of amides is 1. The largest absolute Gasteiger partial charge is 0.384 e. The minimum Gasteiger partial charge on any atom is -0.384 e. The molecule has 1 amide bonds. The van der Waals surface area contributed by atoms with Crippen molar-refractivity contribution in [1.29, 1.82) is 0 Å². The topological polar surface area (TPSA) is 55.6 Å². The molecule has 0 heterocycles. The number of hydrogen-bond donors (Lipinski definition) is 1. The summed E-state index contributed by atoms with van der Waals surface area (Å²) in [7, 11) is 3.40. The molecule has 0 bridgehead atoms. The first-order valence-corrected chi connectivity index (χ1v) is 4.86. The molecule has 0 fully saturated rings. The van der Waals surface area contributed by atoms with Gasteiger partial charge in [-0.05, 0) is 12.0 Å². The van der Waals surface area contributed by atoms with Crippen LogP contribution in [0.3, 0.4) is 0 Å². The molecule has 2 N–H and O–H groups in total. The summed E-state index contributed by atoms with van der Waals surface area (Å²) in [4.78, 5) is 13.2. The van der Waals surface area contributed by atoms with Gasteiger partial charge >= 0.3 is 0 Å². The van der Waals surface area contributed by atoms with Gasteiger partial charge in [-0.1, -0.05) is 13.8 Å². The summed E-state index contributed by atoms with van der Waals surface area (Å²) in [5.41, 5.74) is 5.58. The molecule has 0 aromatic rings. The maximum Gasteiger partial charge on any atom is 0.224 e. The fourth-order valence-corrected chi connectivity index (χ4v) is 1.18. The first-order valence-electron chi connectivity index (χ1n) is 4.86. The van der Waals surface area contributed by atoms with E-state index >= 15 is 0 Å². The van der Waals surface area contributed by atoms with Gasteiger partial charge in [0.15, 0.2) is 0 Å². The summed E-state index contributed by atoms with van der Waals surface area (Å²) in [6, 6.07) is 0. The van der Waals surface area contributed by atoms with Gasteiger partial charge in [0.05, 0.1) is 13.0 Å². The number of carbonyl (C=O) groups is 1. The van der Waals surface area contributed by atoms with Crippen LogP contribution in [-0.4, -0.2) is 44.7 Å². The lowest BCUT2D eigenvalue weighted by Crippen LogP contribution is -2.40. The normalized spacial score (nSPS) is 11.5. The van der Waals surface area contributed by atoms with E-state index < -0.39 is 0 Å². The molecule has 0 radical (unpaired) electrons. The van der Waals surface area contributed by atoms with Crippen LogP contribution in [0.25, 0.3) is 0 Å². The molecular formula is C10H22N2O2. The molecule has 0 saturated heterocycles. The molecule has 0 aliphatic heterocycles. The third-order valence-electron chi connectivity index (χ3n) is 2.16. The van der Waals surface area contributed by atoms with Crippen molar-refractivity contribution in [2.45, 2.75) is 20.3 Å². The molecule has 4 nitrogen and oxygen atoms in total. The number of methoxy groups -OCH3 is 1. The Hall–Kier alpha value is -0.610. The van der Waals surface area contributed by atoms with Crippen molar-refractivity contribution in [3.05, 3.63) is 0 Å². The van der Waals surface area contributed by atoms with E-state index in [0.717, 1.165) is 0 Å². The van der Waals surface area contributed by atoms with Crippen LogP contribution in [0.1, 0.15) is 20.3 Å². The van der Waals surface area contributed by atoms with Gasteiger partial charge in [0, 0.05) is 20.7 Å². The van der Waals surface area contributed by atoms with Crippen LogP contribution < -0.4 is 5.73 Å². The fourth-order valence-electron chi connectivity index (χ4n) is 1.18. The molecule has 4 heteroatoms. The zero-order chi connectivity index (χ0) is 11.2. The van der Waals surface area contributed by atoms with Gasteiger partial charge in [-0.25, -0.2) is 0 Å². The highest BCUT2D eigenvalue weighted by atomic mass is 16.5. The lowest BCUT2D eigenvalue weighted by atomic mass is 9.93. The highest BCUT2D eigenvalue weighted by Crippen LogP contribution is 2.14. The van der Waals surface area contributed by atoms with Crippen LogP contribution in [-0.2, 0) is 9.53 Å². The van der Waals surface area contributed by atoms with Crippen molar-refractivity contribution >= 4 is 5.91 Å². The highest BCUT2D eigenvalue weighted by molar-refractivity contribution is 5.75. The smallest absolute Gasteiger partial charge is 0.224 e. The van der Waals surface area contributed by atoms with Crippen LogP contribution >= 0.6 is 0 Å². The number of nitrogens with two attached hydrogens (primary N) is 1. The molecule has 0 aromatic heterocycles. The van der Waals surface area contributed by atoms with Crippen LogP contribution in [0, 0.1) is 5.41 Å². The third kappa shape index (κ3) is 5.19. The van der Waals surface area contributed by atoms with E-state index in [1.807, 2.05) is 13.8 Å². The number of rotatable bonds is 6. The standard InChI is InChI=1S/C10H22N2O2/c1-10(2,7-11)8-12(3)9(13)5-6-14-4/h5-8,11H2,1-4H3. The molecular weight excluding hydrogens is 180 g/mol. The van der Waals surface area contributed by atoms with E-state index in [1.165, 1.54) is 0 Å². The second-order valence-electron chi connectivity index (χ2n) is 4.36.